The summed E-state index contributed by atoms with van der Waals surface area (Å²) in [6, 6.07) is 13.8. The average molecular weight is 550 g/mol. The average Bonchev–Trinajstić information content (AvgIpc) is 3.62. The van der Waals surface area contributed by atoms with Crippen LogP contribution in [-0.4, -0.2) is 78.1 Å². The third-order valence-electron chi connectivity index (χ3n) is 7.18. The second-order valence-electron chi connectivity index (χ2n) is 10.0. The molecule has 0 saturated carbocycles. The monoisotopic (exact) mass is 549 g/mol. The summed E-state index contributed by atoms with van der Waals surface area (Å²) in [5.74, 6) is 0.924. The molecule has 3 heterocycles. The molecule has 0 bridgehead atoms. The molecule has 5 rings (SSSR count). The number of carbonyl (C=O) groups is 1. The van der Waals surface area contributed by atoms with Crippen molar-refractivity contribution in [2.75, 3.05) is 52.4 Å². The number of furan rings is 1. The fourth-order valence-electron chi connectivity index (χ4n) is 4.94. The number of halogens is 1. The van der Waals surface area contributed by atoms with Gasteiger partial charge in [0.15, 0.2) is 0 Å². The molecule has 0 unspecified atom stereocenters. The molecule has 1 aliphatic rings. The van der Waals surface area contributed by atoms with Crippen LogP contribution >= 0.6 is 11.6 Å². The highest BCUT2D eigenvalue weighted by atomic mass is 35.5. The van der Waals surface area contributed by atoms with E-state index in [4.69, 9.17) is 20.8 Å². The number of unbranched alkanes of at least 4 members (excludes halogenated alkanes) is 2. The number of aromatic amines is 1. The Labute approximate surface area is 234 Å². The molecule has 9 heteroatoms. The van der Waals surface area contributed by atoms with E-state index in [1.165, 1.54) is 0 Å². The summed E-state index contributed by atoms with van der Waals surface area (Å²) < 4.78 is 11.8. The molecule has 0 atom stereocenters. The van der Waals surface area contributed by atoms with Gasteiger partial charge in [-0.25, -0.2) is 4.98 Å². The second kappa shape index (κ2) is 13.6. The van der Waals surface area contributed by atoms with Crippen molar-refractivity contribution >= 4 is 28.5 Å². The summed E-state index contributed by atoms with van der Waals surface area (Å²) in [5.41, 5.74) is 3.92. The van der Waals surface area contributed by atoms with Crippen molar-refractivity contribution < 1.29 is 13.9 Å². The van der Waals surface area contributed by atoms with E-state index in [9.17, 15) is 4.79 Å². The van der Waals surface area contributed by atoms with Gasteiger partial charge >= 0.3 is 0 Å². The maximum absolute atomic E-state index is 12.2. The molecule has 1 fully saturated rings. The molecule has 2 aromatic heterocycles. The topological polar surface area (TPSA) is 86.6 Å². The molecule has 206 valence electrons. The first-order valence-corrected chi connectivity index (χ1v) is 14.1. The summed E-state index contributed by atoms with van der Waals surface area (Å²) >= 11 is 6.02. The zero-order valence-corrected chi connectivity index (χ0v) is 23.0. The van der Waals surface area contributed by atoms with Gasteiger partial charge in [-0.1, -0.05) is 23.7 Å². The van der Waals surface area contributed by atoms with Gasteiger partial charge in [0.2, 0.25) is 5.91 Å². The van der Waals surface area contributed by atoms with Gasteiger partial charge < -0.3 is 24.4 Å². The highest BCUT2D eigenvalue weighted by Crippen LogP contribution is 2.33. The zero-order valence-electron chi connectivity index (χ0n) is 22.2. The Morgan fingerprint density at radius 3 is 2.67 bits per heavy atom. The van der Waals surface area contributed by atoms with Crippen LogP contribution in [0.25, 0.3) is 22.1 Å². The van der Waals surface area contributed by atoms with Gasteiger partial charge in [-0.05, 0) is 55.6 Å². The second-order valence-corrected chi connectivity index (χ2v) is 10.4. The number of imidazole rings is 1. The maximum atomic E-state index is 12.2. The minimum Gasteiger partial charge on any atom is -0.493 e. The van der Waals surface area contributed by atoms with E-state index in [-0.39, 0.29) is 5.91 Å². The molecule has 4 aromatic rings. The third-order valence-corrected chi connectivity index (χ3v) is 7.43. The van der Waals surface area contributed by atoms with E-state index in [0.717, 1.165) is 97.0 Å². The Morgan fingerprint density at radius 1 is 1.05 bits per heavy atom. The number of hydrogen-bond acceptors (Lipinski definition) is 6. The van der Waals surface area contributed by atoms with Gasteiger partial charge in [0.1, 0.15) is 11.3 Å². The number of benzene rings is 2. The number of rotatable bonds is 13. The fourth-order valence-corrected chi connectivity index (χ4v) is 5.07. The SMILES string of the molecule is O=C(CN1CCN(CCCCCOc2ccc3c(-c4ccc(Cl)cc4)coc3c2)CC1)NCCc1c[nH]cn1. The molecule has 0 spiro atoms. The lowest BCUT2D eigenvalue weighted by molar-refractivity contribution is -0.122. The van der Waals surface area contributed by atoms with Crippen molar-refractivity contribution in [3.63, 3.8) is 0 Å². The molecule has 8 nitrogen and oxygen atoms in total. The van der Waals surface area contributed by atoms with Crippen molar-refractivity contribution in [2.24, 2.45) is 0 Å². The number of nitrogens with zero attached hydrogens (tertiary/aromatic N) is 3. The van der Waals surface area contributed by atoms with E-state index in [1.54, 1.807) is 12.6 Å². The summed E-state index contributed by atoms with van der Waals surface area (Å²) in [5, 5.41) is 4.78. The minimum atomic E-state index is 0.0900. The van der Waals surface area contributed by atoms with Crippen LogP contribution in [0.2, 0.25) is 5.02 Å². The molecule has 1 aliphatic heterocycles. The number of hydrogen-bond donors (Lipinski definition) is 2. The van der Waals surface area contributed by atoms with Crippen LogP contribution in [0.3, 0.4) is 0 Å². The lowest BCUT2D eigenvalue weighted by atomic mass is 10.0. The Kier molecular flexibility index (Phi) is 9.53. The normalized spacial score (nSPS) is 14.6. The van der Waals surface area contributed by atoms with E-state index in [1.807, 2.05) is 42.6 Å². The van der Waals surface area contributed by atoms with Crippen molar-refractivity contribution in [2.45, 2.75) is 25.7 Å². The molecule has 2 aromatic carbocycles. The van der Waals surface area contributed by atoms with Crippen LogP contribution in [-0.2, 0) is 11.2 Å². The smallest absolute Gasteiger partial charge is 0.234 e. The predicted molar refractivity (Wildman–Crippen MR) is 154 cm³/mol. The van der Waals surface area contributed by atoms with Gasteiger partial charge in [-0.2, -0.15) is 0 Å². The van der Waals surface area contributed by atoms with Gasteiger partial charge in [0.25, 0.3) is 0 Å². The number of ether oxygens (including phenoxy) is 1. The van der Waals surface area contributed by atoms with Crippen LogP contribution < -0.4 is 10.1 Å². The quantitative estimate of drug-likeness (QED) is 0.228. The van der Waals surface area contributed by atoms with Gasteiger partial charge in [0, 0.05) is 67.4 Å². The molecule has 0 aliphatic carbocycles. The molecule has 39 heavy (non-hydrogen) atoms. The zero-order chi connectivity index (χ0) is 26.9. The number of piperazine rings is 1. The third kappa shape index (κ3) is 7.85. The Morgan fingerprint density at radius 2 is 1.87 bits per heavy atom. The Bertz CT molecular complexity index is 1310. The highest BCUT2D eigenvalue weighted by Gasteiger charge is 2.18. The van der Waals surface area contributed by atoms with Gasteiger partial charge in [-0.3, -0.25) is 9.69 Å². The van der Waals surface area contributed by atoms with Gasteiger partial charge in [-0.15, -0.1) is 0 Å². The molecule has 0 radical (unpaired) electrons. The summed E-state index contributed by atoms with van der Waals surface area (Å²) in [6.45, 7) is 6.77. The van der Waals surface area contributed by atoms with Gasteiger partial charge in [0.05, 0.1) is 31.4 Å². The van der Waals surface area contributed by atoms with Crippen molar-refractivity contribution in [3.05, 3.63) is 72.0 Å². The lowest BCUT2D eigenvalue weighted by Gasteiger charge is -2.34. The van der Waals surface area contributed by atoms with Crippen molar-refractivity contribution in [3.8, 4) is 16.9 Å². The van der Waals surface area contributed by atoms with Crippen LogP contribution in [0.4, 0.5) is 0 Å². The highest BCUT2D eigenvalue weighted by molar-refractivity contribution is 6.30. The number of fused-ring (bicyclic) bond motifs is 1. The van der Waals surface area contributed by atoms with E-state index >= 15 is 0 Å². The van der Waals surface area contributed by atoms with Crippen LogP contribution in [0.15, 0.2) is 65.7 Å². The first-order chi connectivity index (χ1) is 19.1. The number of amides is 1. The number of aromatic nitrogens is 2. The summed E-state index contributed by atoms with van der Waals surface area (Å²) in [7, 11) is 0. The van der Waals surface area contributed by atoms with Crippen LogP contribution in [0.1, 0.15) is 25.0 Å². The molecule has 2 N–H and O–H groups in total. The first kappa shape index (κ1) is 27.2. The van der Waals surface area contributed by atoms with E-state index in [2.05, 4.69) is 31.2 Å². The summed E-state index contributed by atoms with van der Waals surface area (Å²) in [4.78, 5) is 24.1. The molecular weight excluding hydrogens is 514 g/mol. The molecular formula is C30H36ClN5O3. The fraction of sp³-hybridized carbons (Fsp3) is 0.400. The Balaban J connectivity index is 0.935. The van der Waals surface area contributed by atoms with Crippen LogP contribution in [0, 0.1) is 0 Å². The summed E-state index contributed by atoms with van der Waals surface area (Å²) in [6.07, 6.45) is 9.35. The predicted octanol–water partition coefficient (Wildman–Crippen LogP) is 5.00. The van der Waals surface area contributed by atoms with E-state index < -0.39 is 0 Å². The van der Waals surface area contributed by atoms with Crippen molar-refractivity contribution in [1.82, 2.24) is 25.1 Å². The number of nitrogens with one attached hydrogen (secondary N) is 2. The number of H-pyrrole nitrogens is 1. The molecule has 1 saturated heterocycles. The standard InChI is InChI=1S/C30H36ClN5O3/c31-24-6-4-23(5-7-24)28-21-39-29-18-26(8-9-27(28)29)38-17-3-1-2-12-35-13-15-36(16-14-35)20-30(37)33-11-10-25-19-32-22-34-25/h4-9,18-19,21-22H,1-3,10-17,20H2,(H,32,34)(H,33,37). The Hall–Kier alpha value is -3.33. The van der Waals surface area contributed by atoms with Crippen molar-refractivity contribution in [1.29, 1.82) is 0 Å². The maximum Gasteiger partial charge on any atom is 0.234 e. The minimum absolute atomic E-state index is 0.0900. The number of carbonyl (C=O) groups excluding carboxylic acids is 1. The van der Waals surface area contributed by atoms with E-state index in [0.29, 0.717) is 19.7 Å². The van der Waals surface area contributed by atoms with Crippen LogP contribution in [0.5, 0.6) is 5.75 Å². The first-order valence-electron chi connectivity index (χ1n) is 13.7. The molecule has 1 amide bonds. The largest absolute Gasteiger partial charge is 0.493 e. The lowest BCUT2D eigenvalue weighted by Crippen LogP contribution is -2.49.